The van der Waals surface area contributed by atoms with Crippen molar-refractivity contribution in [3.05, 3.63) is 51.5 Å². The monoisotopic (exact) mass is 313 g/mol. The Bertz CT molecular complexity index is 870. The third kappa shape index (κ3) is 2.94. The van der Waals surface area contributed by atoms with Crippen molar-refractivity contribution in [1.29, 1.82) is 0 Å². The second kappa shape index (κ2) is 5.83. The molecular formula is C16H19N5O2. The maximum Gasteiger partial charge on any atom is 0.247 e. The van der Waals surface area contributed by atoms with Crippen molar-refractivity contribution in [3.8, 4) is 11.4 Å². The Morgan fingerprint density at radius 1 is 1.35 bits per heavy atom. The van der Waals surface area contributed by atoms with Gasteiger partial charge in [0.1, 0.15) is 0 Å². The van der Waals surface area contributed by atoms with Gasteiger partial charge in [-0.25, -0.2) is 0 Å². The first-order valence-electron chi connectivity index (χ1n) is 7.47. The van der Waals surface area contributed by atoms with E-state index in [1.54, 1.807) is 12.3 Å². The maximum absolute atomic E-state index is 11.1. The summed E-state index contributed by atoms with van der Waals surface area (Å²) in [5.41, 5.74) is 3.95. The van der Waals surface area contributed by atoms with Crippen molar-refractivity contribution in [2.24, 2.45) is 7.05 Å². The first-order chi connectivity index (χ1) is 11.0. The SMILES string of the molecule is Cc1nn(C)c(C)c1CC(C)c1nc(-c2ccc(=O)[nH]c2)no1. The number of rotatable bonds is 4. The van der Waals surface area contributed by atoms with Gasteiger partial charge in [0.25, 0.3) is 0 Å². The molecule has 0 aliphatic rings. The van der Waals surface area contributed by atoms with Crippen molar-refractivity contribution in [1.82, 2.24) is 24.9 Å². The average molecular weight is 313 g/mol. The zero-order chi connectivity index (χ0) is 16.6. The van der Waals surface area contributed by atoms with Crippen molar-refractivity contribution >= 4 is 0 Å². The zero-order valence-electron chi connectivity index (χ0n) is 13.6. The lowest BCUT2D eigenvalue weighted by molar-refractivity contribution is 0.358. The van der Waals surface area contributed by atoms with Crippen LogP contribution in [0.3, 0.4) is 0 Å². The highest BCUT2D eigenvalue weighted by Gasteiger charge is 2.19. The van der Waals surface area contributed by atoms with Crippen LogP contribution < -0.4 is 5.56 Å². The van der Waals surface area contributed by atoms with Gasteiger partial charge in [0.15, 0.2) is 0 Å². The second-order valence-electron chi connectivity index (χ2n) is 5.78. The summed E-state index contributed by atoms with van der Waals surface area (Å²) in [5, 5.41) is 8.43. The van der Waals surface area contributed by atoms with Crippen LogP contribution in [0, 0.1) is 13.8 Å². The third-order valence-corrected chi connectivity index (χ3v) is 4.07. The Morgan fingerprint density at radius 2 is 2.13 bits per heavy atom. The van der Waals surface area contributed by atoms with E-state index in [2.05, 4.69) is 34.1 Å². The van der Waals surface area contributed by atoms with E-state index < -0.39 is 0 Å². The highest BCUT2D eigenvalue weighted by atomic mass is 16.5. The number of hydrogen-bond acceptors (Lipinski definition) is 5. The summed E-state index contributed by atoms with van der Waals surface area (Å²) in [4.78, 5) is 18.2. The number of aryl methyl sites for hydroxylation is 2. The van der Waals surface area contributed by atoms with Gasteiger partial charge in [0.2, 0.25) is 17.3 Å². The van der Waals surface area contributed by atoms with Crippen LogP contribution in [0.15, 0.2) is 27.6 Å². The number of pyridine rings is 1. The highest BCUT2D eigenvalue weighted by Crippen LogP contribution is 2.24. The smallest absolute Gasteiger partial charge is 0.247 e. The van der Waals surface area contributed by atoms with Crippen LogP contribution in [0.2, 0.25) is 0 Å². The van der Waals surface area contributed by atoms with E-state index in [0.29, 0.717) is 11.7 Å². The standard InChI is InChI=1S/C16H19N5O2/c1-9(7-13-10(2)19-21(4)11(13)3)16-18-15(20-23-16)12-5-6-14(22)17-8-12/h5-6,8-9H,7H2,1-4H3,(H,17,22). The van der Waals surface area contributed by atoms with Crippen LogP contribution in [-0.4, -0.2) is 24.9 Å². The van der Waals surface area contributed by atoms with E-state index >= 15 is 0 Å². The molecule has 0 aliphatic carbocycles. The highest BCUT2D eigenvalue weighted by molar-refractivity contribution is 5.51. The first-order valence-corrected chi connectivity index (χ1v) is 7.47. The summed E-state index contributed by atoms with van der Waals surface area (Å²) in [7, 11) is 1.94. The lowest BCUT2D eigenvalue weighted by Crippen LogP contribution is -2.02. The number of H-pyrrole nitrogens is 1. The van der Waals surface area contributed by atoms with Gasteiger partial charge in [-0.2, -0.15) is 10.1 Å². The number of hydrogen-bond donors (Lipinski definition) is 1. The van der Waals surface area contributed by atoms with Crippen LogP contribution in [-0.2, 0) is 13.5 Å². The molecule has 1 atom stereocenters. The van der Waals surface area contributed by atoms with Crippen LogP contribution in [0.25, 0.3) is 11.4 Å². The number of nitrogens with zero attached hydrogens (tertiary/aromatic N) is 4. The van der Waals surface area contributed by atoms with Gasteiger partial charge < -0.3 is 9.51 Å². The molecule has 3 aromatic heterocycles. The first kappa shape index (κ1) is 15.2. The molecule has 3 aromatic rings. The Balaban J connectivity index is 1.82. The minimum Gasteiger partial charge on any atom is -0.339 e. The molecular weight excluding hydrogens is 294 g/mol. The Hall–Kier alpha value is -2.70. The summed E-state index contributed by atoms with van der Waals surface area (Å²) >= 11 is 0. The molecule has 0 fully saturated rings. The van der Waals surface area contributed by atoms with Crippen LogP contribution >= 0.6 is 0 Å². The quantitative estimate of drug-likeness (QED) is 0.797. The lowest BCUT2D eigenvalue weighted by Gasteiger charge is -2.06. The van der Waals surface area contributed by atoms with Gasteiger partial charge in [-0.15, -0.1) is 0 Å². The van der Waals surface area contributed by atoms with Gasteiger partial charge in [-0.05, 0) is 31.9 Å². The van der Waals surface area contributed by atoms with Gasteiger partial charge >= 0.3 is 0 Å². The van der Waals surface area contributed by atoms with E-state index in [9.17, 15) is 4.79 Å². The zero-order valence-corrected chi connectivity index (χ0v) is 13.6. The molecule has 23 heavy (non-hydrogen) atoms. The van der Waals surface area contributed by atoms with Gasteiger partial charge in [-0.3, -0.25) is 9.48 Å². The Morgan fingerprint density at radius 3 is 2.74 bits per heavy atom. The molecule has 1 unspecified atom stereocenters. The Labute approximate surface area is 133 Å². The number of aromatic amines is 1. The summed E-state index contributed by atoms with van der Waals surface area (Å²) in [6.07, 6.45) is 2.37. The van der Waals surface area contributed by atoms with Crippen molar-refractivity contribution < 1.29 is 4.52 Å². The maximum atomic E-state index is 11.1. The van der Waals surface area contributed by atoms with Gasteiger partial charge in [0, 0.05) is 36.5 Å². The molecule has 0 aliphatic heterocycles. The van der Waals surface area contributed by atoms with E-state index in [1.165, 1.54) is 11.6 Å². The van der Waals surface area contributed by atoms with Gasteiger partial charge in [0.05, 0.1) is 5.69 Å². The van der Waals surface area contributed by atoms with Crippen molar-refractivity contribution in [2.45, 2.75) is 33.1 Å². The largest absolute Gasteiger partial charge is 0.339 e. The molecule has 3 heterocycles. The fourth-order valence-electron chi connectivity index (χ4n) is 2.61. The predicted octanol–water partition coefficient (Wildman–Crippen LogP) is 2.12. The van der Waals surface area contributed by atoms with E-state index in [0.717, 1.165) is 23.4 Å². The molecule has 0 saturated carbocycles. The summed E-state index contributed by atoms with van der Waals surface area (Å²) in [6.45, 7) is 6.12. The molecule has 0 spiro atoms. The van der Waals surface area contributed by atoms with E-state index in [-0.39, 0.29) is 11.5 Å². The third-order valence-electron chi connectivity index (χ3n) is 4.07. The summed E-state index contributed by atoms with van der Waals surface area (Å²) in [5.74, 6) is 1.14. The number of aromatic nitrogens is 5. The molecule has 0 amide bonds. The topological polar surface area (TPSA) is 89.6 Å². The second-order valence-corrected chi connectivity index (χ2v) is 5.78. The number of nitrogens with one attached hydrogen (secondary N) is 1. The van der Waals surface area contributed by atoms with Gasteiger partial charge in [-0.1, -0.05) is 12.1 Å². The molecule has 7 heteroatoms. The van der Waals surface area contributed by atoms with Crippen molar-refractivity contribution in [3.63, 3.8) is 0 Å². The molecule has 7 nitrogen and oxygen atoms in total. The average Bonchev–Trinajstić information content (AvgIpc) is 3.09. The minimum atomic E-state index is -0.159. The lowest BCUT2D eigenvalue weighted by atomic mass is 9.99. The van der Waals surface area contributed by atoms with Crippen molar-refractivity contribution in [2.75, 3.05) is 0 Å². The normalized spacial score (nSPS) is 12.5. The van der Waals surface area contributed by atoms with Crippen LogP contribution in [0.4, 0.5) is 0 Å². The van der Waals surface area contributed by atoms with E-state index in [4.69, 9.17) is 4.52 Å². The Kier molecular flexibility index (Phi) is 3.85. The molecule has 0 bridgehead atoms. The molecule has 1 N–H and O–H groups in total. The molecule has 0 saturated heterocycles. The summed E-state index contributed by atoms with van der Waals surface area (Å²) in [6, 6.07) is 3.12. The summed E-state index contributed by atoms with van der Waals surface area (Å²) < 4.78 is 7.28. The fourth-order valence-corrected chi connectivity index (χ4v) is 2.61. The molecule has 120 valence electrons. The predicted molar refractivity (Wildman–Crippen MR) is 85.2 cm³/mol. The van der Waals surface area contributed by atoms with Crippen LogP contribution in [0.5, 0.6) is 0 Å². The molecule has 0 aromatic carbocycles. The minimum absolute atomic E-state index is 0.0839. The van der Waals surface area contributed by atoms with Crippen LogP contribution in [0.1, 0.15) is 35.7 Å². The molecule has 3 rings (SSSR count). The van der Waals surface area contributed by atoms with E-state index in [1.807, 2.05) is 18.7 Å². The molecule has 0 radical (unpaired) electrons. The fraction of sp³-hybridized carbons (Fsp3) is 0.375.